The SMILES string of the molecule is C=C(C)P(=O)(C(=O)c1ccccc1)c1ccccc1. The van der Waals surface area contributed by atoms with Crippen LogP contribution >= 0.6 is 7.14 Å². The molecule has 96 valence electrons. The number of benzene rings is 2. The fraction of sp³-hybridized carbons (Fsp3) is 0.0625. The molecule has 0 N–H and O–H groups in total. The van der Waals surface area contributed by atoms with Crippen LogP contribution < -0.4 is 5.30 Å². The first kappa shape index (κ1) is 13.5. The van der Waals surface area contributed by atoms with Gasteiger partial charge < -0.3 is 4.57 Å². The Morgan fingerprint density at radius 3 is 1.89 bits per heavy atom. The maximum Gasteiger partial charge on any atom is 0.229 e. The van der Waals surface area contributed by atoms with E-state index in [0.29, 0.717) is 16.2 Å². The zero-order valence-electron chi connectivity index (χ0n) is 10.7. The lowest BCUT2D eigenvalue weighted by Crippen LogP contribution is -2.13. The highest BCUT2D eigenvalue weighted by Crippen LogP contribution is 2.54. The van der Waals surface area contributed by atoms with E-state index < -0.39 is 7.14 Å². The smallest absolute Gasteiger partial charge is 0.229 e. The van der Waals surface area contributed by atoms with Crippen molar-refractivity contribution < 1.29 is 9.36 Å². The van der Waals surface area contributed by atoms with Gasteiger partial charge in [0.25, 0.3) is 0 Å². The van der Waals surface area contributed by atoms with Crippen molar-refractivity contribution in [1.82, 2.24) is 0 Å². The van der Waals surface area contributed by atoms with Gasteiger partial charge in [0.15, 0.2) is 0 Å². The van der Waals surface area contributed by atoms with E-state index in [2.05, 4.69) is 6.58 Å². The van der Waals surface area contributed by atoms with Gasteiger partial charge in [0, 0.05) is 10.9 Å². The summed E-state index contributed by atoms with van der Waals surface area (Å²) in [5.74, 6) is 0. The zero-order chi connectivity index (χ0) is 13.9. The van der Waals surface area contributed by atoms with Crippen LogP contribution in [0.1, 0.15) is 17.3 Å². The van der Waals surface area contributed by atoms with Crippen LogP contribution in [-0.2, 0) is 4.57 Å². The summed E-state index contributed by atoms with van der Waals surface area (Å²) in [5.41, 5.74) is 0.101. The van der Waals surface area contributed by atoms with Gasteiger partial charge in [0.05, 0.1) is 0 Å². The molecule has 0 radical (unpaired) electrons. The topological polar surface area (TPSA) is 34.1 Å². The predicted molar refractivity (Wildman–Crippen MR) is 79.3 cm³/mol. The van der Waals surface area contributed by atoms with Gasteiger partial charge >= 0.3 is 0 Å². The average Bonchev–Trinajstić information content (AvgIpc) is 2.47. The minimum Gasteiger partial charge on any atom is -0.306 e. The summed E-state index contributed by atoms with van der Waals surface area (Å²) in [6.07, 6.45) is 0. The van der Waals surface area contributed by atoms with Crippen molar-refractivity contribution in [2.45, 2.75) is 6.92 Å². The molecule has 2 nitrogen and oxygen atoms in total. The molecule has 2 aromatic rings. The highest BCUT2D eigenvalue weighted by Gasteiger charge is 2.35. The maximum absolute atomic E-state index is 13.2. The molecule has 0 bridgehead atoms. The molecule has 0 aliphatic heterocycles. The van der Waals surface area contributed by atoms with E-state index in [1.807, 2.05) is 12.1 Å². The molecule has 0 saturated carbocycles. The summed E-state index contributed by atoms with van der Waals surface area (Å²) in [7, 11) is -3.29. The van der Waals surface area contributed by atoms with Gasteiger partial charge in [-0.1, -0.05) is 67.2 Å². The Morgan fingerprint density at radius 2 is 1.42 bits per heavy atom. The van der Waals surface area contributed by atoms with Crippen LogP contribution in [-0.4, -0.2) is 5.52 Å². The predicted octanol–water partition coefficient (Wildman–Crippen LogP) is 4.05. The van der Waals surface area contributed by atoms with Crippen molar-refractivity contribution in [2.75, 3.05) is 0 Å². The molecule has 0 aliphatic rings. The van der Waals surface area contributed by atoms with Crippen LogP contribution in [0.5, 0.6) is 0 Å². The van der Waals surface area contributed by atoms with Gasteiger partial charge in [0.1, 0.15) is 0 Å². The van der Waals surface area contributed by atoms with Gasteiger partial charge in [-0.05, 0) is 12.2 Å². The van der Waals surface area contributed by atoms with Crippen LogP contribution in [0, 0.1) is 0 Å². The Kier molecular flexibility index (Phi) is 3.82. The lowest BCUT2D eigenvalue weighted by atomic mass is 10.2. The van der Waals surface area contributed by atoms with Gasteiger partial charge in [-0.15, -0.1) is 0 Å². The number of carbonyl (C=O) groups excluding carboxylic acids is 1. The summed E-state index contributed by atoms with van der Waals surface area (Å²) >= 11 is 0. The van der Waals surface area contributed by atoms with Crippen molar-refractivity contribution in [3.05, 3.63) is 78.1 Å². The lowest BCUT2D eigenvalue weighted by molar-refractivity contribution is 0.107. The Bertz CT molecular complexity index is 645. The minimum atomic E-state index is -3.29. The number of carbonyl (C=O) groups is 1. The molecule has 0 aliphatic carbocycles. The van der Waals surface area contributed by atoms with Crippen LogP contribution in [0.3, 0.4) is 0 Å². The molecule has 0 spiro atoms. The Labute approximate surface area is 113 Å². The second kappa shape index (κ2) is 5.38. The van der Waals surface area contributed by atoms with Crippen molar-refractivity contribution in [3.63, 3.8) is 0 Å². The molecule has 19 heavy (non-hydrogen) atoms. The first-order chi connectivity index (χ1) is 9.06. The fourth-order valence-corrected chi connectivity index (χ4v) is 4.04. The van der Waals surface area contributed by atoms with Gasteiger partial charge in [-0.3, -0.25) is 4.79 Å². The first-order valence-electron chi connectivity index (χ1n) is 5.98. The molecular weight excluding hydrogens is 255 g/mol. The van der Waals surface area contributed by atoms with E-state index in [1.165, 1.54) is 0 Å². The normalized spacial score (nSPS) is 13.5. The Morgan fingerprint density at radius 1 is 0.947 bits per heavy atom. The largest absolute Gasteiger partial charge is 0.306 e. The van der Waals surface area contributed by atoms with E-state index in [4.69, 9.17) is 0 Å². The molecule has 0 saturated heterocycles. The van der Waals surface area contributed by atoms with E-state index >= 15 is 0 Å². The van der Waals surface area contributed by atoms with E-state index in [-0.39, 0.29) is 5.52 Å². The minimum absolute atomic E-state index is 0.355. The molecule has 0 fully saturated rings. The molecule has 0 aromatic heterocycles. The molecule has 0 amide bonds. The van der Waals surface area contributed by atoms with Crippen LogP contribution in [0.25, 0.3) is 0 Å². The number of hydrogen-bond acceptors (Lipinski definition) is 2. The van der Waals surface area contributed by atoms with Crippen molar-refractivity contribution in [2.24, 2.45) is 0 Å². The highest BCUT2D eigenvalue weighted by atomic mass is 31.2. The van der Waals surface area contributed by atoms with Crippen LogP contribution in [0.4, 0.5) is 0 Å². The number of allylic oxidation sites excluding steroid dienone is 1. The quantitative estimate of drug-likeness (QED) is 0.785. The molecule has 1 unspecified atom stereocenters. The third-order valence-electron chi connectivity index (χ3n) is 2.96. The van der Waals surface area contributed by atoms with Crippen LogP contribution in [0.2, 0.25) is 0 Å². The second-order valence-corrected chi connectivity index (χ2v) is 7.26. The fourth-order valence-electron chi connectivity index (χ4n) is 1.91. The second-order valence-electron chi connectivity index (χ2n) is 4.35. The summed E-state index contributed by atoms with van der Waals surface area (Å²) in [5, 5.41) is 0.948. The van der Waals surface area contributed by atoms with Crippen molar-refractivity contribution in [3.8, 4) is 0 Å². The number of hydrogen-bond donors (Lipinski definition) is 0. The molecule has 2 aromatic carbocycles. The molecular formula is C16H15O2P. The van der Waals surface area contributed by atoms with Crippen molar-refractivity contribution in [1.29, 1.82) is 0 Å². The monoisotopic (exact) mass is 270 g/mol. The average molecular weight is 270 g/mol. The number of rotatable bonds is 4. The van der Waals surface area contributed by atoms with E-state index in [1.54, 1.807) is 55.5 Å². The first-order valence-corrected chi connectivity index (χ1v) is 7.69. The zero-order valence-corrected chi connectivity index (χ0v) is 11.6. The van der Waals surface area contributed by atoms with Gasteiger partial charge in [0.2, 0.25) is 12.7 Å². The van der Waals surface area contributed by atoms with E-state index in [0.717, 1.165) is 0 Å². The third kappa shape index (κ3) is 2.45. The van der Waals surface area contributed by atoms with E-state index in [9.17, 15) is 9.36 Å². The molecule has 3 heteroatoms. The Balaban J connectivity index is 2.57. The molecule has 0 heterocycles. The highest BCUT2D eigenvalue weighted by molar-refractivity contribution is 7.90. The van der Waals surface area contributed by atoms with Gasteiger partial charge in [-0.25, -0.2) is 0 Å². The lowest BCUT2D eigenvalue weighted by Gasteiger charge is -2.17. The summed E-state index contributed by atoms with van der Waals surface area (Å²) in [4.78, 5) is 12.6. The van der Waals surface area contributed by atoms with Crippen LogP contribution in [0.15, 0.2) is 72.6 Å². The summed E-state index contributed by atoms with van der Waals surface area (Å²) in [6.45, 7) is 5.41. The summed E-state index contributed by atoms with van der Waals surface area (Å²) < 4.78 is 13.2. The van der Waals surface area contributed by atoms with Gasteiger partial charge in [-0.2, -0.15) is 0 Å². The molecule has 2 rings (SSSR count). The molecule has 1 atom stereocenters. The Hall–Kier alpha value is -1.92. The van der Waals surface area contributed by atoms with Crippen molar-refractivity contribution >= 4 is 18.0 Å². The maximum atomic E-state index is 13.2. The summed E-state index contributed by atoms with van der Waals surface area (Å²) in [6, 6.07) is 17.5. The third-order valence-corrected chi connectivity index (χ3v) is 5.89. The standard InChI is InChI=1S/C16H15O2P/c1-13(2)19(18,15-11-7-4-8-12-15)16(17)14-9-5-3-6-10-14/h3-12H,1H2,2H3.